The molecule has 0 atom stereocenters. The minimum absolute atomic E-state index is 0.110. The van der Waals surface area contributed by atoms with Crippen molar-refractivity contribution < 1.29 is 19.1 Å². The van der Waals surface area contributed by atoms with Crippen LogP contribution in [0.1, 0.15) is 62.0 Å². The second-order valence-electron chi connectivity index (χ2n) is 9.14. The summed E-state index contributed by atoms with van der Waals surface area (Å²) in [6.07, 6.45) is 0. The van der Waals surface area contributed by atoms with E-state index in [0.717, 1.165) is 16.8 Å². The van der Waals surface area contributed by atoms with Gasteiger partial charge in [-0.2, -0.15) is 4.99 Å². The summed E-state index contributed by atoms with van der Waals surface area (Å²) in [5.74, 6) is -0.114. The molecule has 0 bridgehead atoms. The molecule has 0 saturated carbocycles. The van der Waals surface area contributed by atoms with E-state index in [1.54, 1.807) is 45.0 Å². The van der Waals surface area contributed by atoms with Crippen LogP contribution in [0.2, 0.25) is 0 Å². The molecule has 0 aliphatic carbocycles. The SMILES string of the molecule is Cc1ccc(C(C)C)c(N2C(=O)CSC2=NC(=O)Nc2ccc(C(=O)OC(C)(C)C)cc2)c1. The van der Waals surface area contributed by atoms with Gasteiger partial charge in [0.15, 0.2) is 5.17 Å². The number of rotatable bonds is 4. The van der Waals surface area contributed by atoms with E-state index in [-0.39, 0.29) is 17.6 Å². The summed E-state index contributed by atoms with van der Waals surface area (Å²) in [5.41, 5.74) is 3.08. The number of hydrogen-bond donors (Lipinski definition) is 1. The van der Waals surface area contributed by atoms with Crippen LogP contribution in [-0.2, 0) is 9.53 Å². The van der Waals surface area contributed by atoms with Crippen LogP contribution in [-0.4, -0.2) is 34.4 Å². The molecular formula is C25H29N3O4S. The Kier molecular flexibility index (Phi) is 7.27. The monoisotopic (exact) mass is 467 g/mol. The molecule has 1 fully saturated rings. The number of carbonyl (C=O) groups excluding carboxylic acids is 3. The molecule has 2 aromatic rings. The third-order valence-electron chi connectivity index (χ3n) is 4.78. The molecule has 1 saturated heterocycles. The molecule has 3 amide bonds. The Morgan fingerprint density at radius 3 is 2.39 bits per heavy atom. The van der Waals surface area contributed by atoms with Crippen molar-refractivity contribution >= 4 is 46.2 Å². The van der Waals surface area contributed by atoms with Crippen LogP contribution in [0.5, 0.6) is 0 Å². The van der Waals surface area contributed by atoms with Gasteiger partial charge >= 0.3 is 12.0 Å². The van der Waals surface area contributed by atoms with Crippen LogP contribution in [0.4, 0.5) is 16.2 Å². The Bertz CT molecular complexity index is 1100. The molecule has 2 aromatic carbocycles. The first-order valence-corrected chi connectivity index (χ1v) is 11.7. The van der Waals surface area contributed by atoms with Crippen LogP contribution >= 0.6 is 11.8 Å². The lowest BCUT2D eigenvalue weighted by Crippen LogP contribution is -2.31. The van der Waals surface area contributed by atoms with Gasteiger partial charge in [0.25, 0.3) is 0 Å². The largest absolute Gasteiger partial charge is 0.456 e. The van der Waals surface area contributed by atoms with E-state index >= 15 is 0 Å². The summed E-state index contributed by atoms with van der Waals surface area (Å²) in [5, 5.41) is 3.03. The lowest BCUT2D eigenvalue weighted by atomic mass is 9.99. The maximum Gasteiger partial charge on any atom is 0.347 e. The second kappa shape index (κ2) is 9.79. The third-order valence-corrected chi connectivity index (χ3v) is 5.71. The lowest BCUT2D eigenvalue weighted by Gasteiger charge is -2.22. The topological polar surface area (TPSA) is 88.1 Å². The van der Waals surface area contributed by atoms with Gasteiger partial charge in [0.1, 0.15) is 5.60 Å². The van der Waals surface area contributed by atoms with Gasteiger partial charge in [-0.3, -0.25) is 9.69 Å². The average molecular weight is 468 g/mol. The van der Waals surface area contributed by atoms with Crippen molar-refractivity contribution in [1.82, 2.24) is 0 Å². The second-order valence-corrected chi connectivity index (χ2v) is 10.1. The molecule has 1 aliphatic heterocycles. The predicted octanol–water partition coefficient (Wildman–Crippen LogP) is 5.74. The number of hydrogen-bond acceptors (Lipinski definition) is 5. The van der Waals surface area contributed by atoms with Crippen LogP contribution < -0.4 is 10.2 Å². The van der Waals surface area contributed by atoms with Crippen molar-refractivity contribution in [3.05, 3.63) is 59.2 Å². The zero-order chi connectivity index (χ0) is 24.3. The first-order valence-electron chi connectivity index (χ1n) is 10.7. The third kappa shape index (κ3) is 6.22. The van der Waals surface area contributed by atoms with Crippen LogP contribution in [0.3, 0.4) is 0 Å². The van der Waals surface area contributed by atoms with Crippen LogP contribution in [0, 0.1) is 6.92 Å². The van der Waals surface area contributed by atoms with Crippen molar-refractivity contribution in [2.24, 2.45) is 4.99 Å². The number of nitrogens with one attached hydrogen (secondary N) is 1. The molecule has 8 heteroatoms. The number of nitrogens with zero attached hydrogens (tertiary/aromatic N) is 2. The number of amidine groups is 1. The Hall–Kier alpha value is -3.13. The van der Waals surface area contributed by atoms with Gasteiger partial charge in [0, 0.05) is 5.69 Å². The fourth-order valence-corrected chi connectivity index (χ4v) is 4.14. The molecule has 7 nitrogen and oxygen atoms in total. The molecule has 33 heavy (non-hydrogen) atoms. The van der Waals surface area contributed by atoms with E-state index in [0.29, 0.717) is 16.4 Å². The molecule has 1 N–H and O–H groups in total. The van der Waals surface area contributed by atoms with Gasteiger partial charge in [-0.25, -0.2) is 9.59 Å². The molecule has 0 unspecified atom stereocenters. The van der Waals surface area contributed by atoms with E-state index in [1.807, 2.05) is 25.1 Å². The molecule has 1 aliphatic rings. The minimum Gasteiger partial charge on any atom is -0.456 e. The van der Waals surface area contributed by atoms with Gasteiger partial charge < -0.3 is 10.1 Å². The van der Waals surface area contributed by atoms with Gasteiger partial charge in [-0.05, 0) is 75.1 Å². The summed E-state index contributed by atoms with van der Waals surface area (Å²) in [6.45, 7) is 11.5. The molecule has 0 spiro atoms. The van der Waals surface area contributed by atoms with Gasteiger partial charge in [0.05, 0.1) is 17.0 Å². The number of ether oxygens (including phenoxy) is 1. The number of benzene rings is 2. The maximum absolute atomic E-state index is 12.7. The van der Waals surface area contributed by atoms with E-state index in [1.165, 1.54) is 16.7 Å². The number of amides is 3. The number of aryl methyl sites for hydroxylation is 1. The molecule has 0 aromatic heterocycles. The number of aliphatic imine (C=N–C) groups is 1. The first-order chi connectivity index (χ1) is 15.4. The highest BCUT2D eigenvalue weighted by Crippen LogP contribution is 2.34. The van der Waals surface area contributed by atoms with Gasteiger partial charge in [0.2, 0.25) is 5.91 Å². The Morgan fingerprint density at radius 2 is 1.79 bits per heavy atom. The normalized spacial score (nSPS) is 15.3. The molecule has 1 heterocycles. The summed E-state index contributed by atoms with van der Waals surface area (Å²) < 4.78 is 5.34. The Labute approximate surface area is 198 Å². The zero-order valence-electron chi connectivity index (χ0n) is 19.8. The molecule has 0 radical (unpaired) electrons. The summed E-state index contributed by atoms with van der Waals surface area (Å²) in [7, 11) is 0. The van der Waals surface area contributed by atoms with Gasteiger partial charge in [-0.1, -0.05) is 37.7 Å². The number of anilines is 2. The van der Waals surface area contributed by atoms with E-state index in [9.17, 15) is 14.4 Å². The lowest BCUT2D eigenvalue weighted by molar-refractivity contribution is -0.115. The zero-order valence-corrected chi connectivity index (χ0v) is 20.6. The summed E-state index contributed by atoms with van der Waals surface area (Å²) in [4.78, 5) is 43.1. The van der Waals surface area contributed by atoms with E-state index in [2.05, 4.69) is 24.2 Å². The highest BCUT2D eigenvalue weighted by Gasteiger charge is 2.32. The fourth-order valence-electron chi connectivity index (χ4n) is 3.28. The van der Waals surface area contributed by atoms with Crippen molar-refractivity contribution in [2.75, 3.05) is 16.0 Å². The van der Waals surface area contributed by atoms with E-state index < -0.39 is 17.6 Å². The number of thioether (sulfide) groups is 1. The number of esters is 1. The average Bonchev–Trinajstić information content (AvgIpc) is 3.06. The van der Waals surface area contributed by atoms with Gasteiger partial charge in [-0.15, -0.1) is 0 Å². The van der Waals surface area contributed by atoms with Crippen LogP contribution in [0.15, 0.2) is 47.5 Å². The Morgan fingerprint density at radius 1 is 1.12 bits per heavy atom. The van der Waals surface area contributed by atoms with Crippen molar-refractivity contribution in [3.63, 3.8) is 0 Å². The van der Waals surface area contributed by atoms with Crippen molar-refractivity contribution in [3.8, 4) is 0 Å². The maximum atomic E-state index is 12.7. The summed E-state index contributed by atoms with van der Waals surface area (Å²) in [6, 6.07) is 11.8. The fraction of sp³-hybridized carbons (Fsp3) is 0.360. The number of urea groups is 1. The highest BCUT2D eigenvalue weighted by atomic mass is 32.2. The predicted molar refractivity (Wildman–Crippen MR) is 133 cm³/mol. The van der Waals surface area contributed by atoms with Crippen LogP contribution in [0.25, 0.3) is 0 Å². The van der Waals surface area contributed by atoms with Crippen molar-refractivity contribution in [2.45, 2.75) is 53.1 Å². The van der Waals surface area contributed by atoms with Crippen molar-refractivity contribution in [1.29, 1.82) is 0 Å². The first kappa shape index (κ1) is 24.5. The molecule has 174 valence electrons. The minimum atomic E-state index is -0.596. The van der Waals surface area contributed by atoms with E-state index in [4.69, 9.17) is 4.74 Å². The molecule has 3 rings (SSSR count). The Balaban J connectivity index is 1.78. The number of carbonyl (C=O) groups is 3. The highest BCUT2D eigenvalue weighted by molar-refractivity contribution is 8.15. The molecular weight excluding hydrogens is 438 g/mol. The quantitative estimate of drug-likeness (QED) is 0.579. The smallest absolute Gasteiger partial charge is 0.347 e. The summed E-state index contributed by atoms with van der Waals surface area (Å²) >= 11 is 1.23. The standard InChI is InChI=1S/C25H29N3O4S/c1-15(2)19-12-7-16(3)13-20(19)28-21(29)14-33-24(28)27-23(31)26-18-10-8-17(9-11-18)22(30)32-25(4,5)6/h7-13,15H,14H2,1-6H3,(H,26,31).